The molecule has 0 bridgehead atoms. The average Bonchev–Trinajstić information content (AvgIpc) is 2.65. The summed E-state index contributed by atoms with van der Waals surface area (Å²) >= 11 is 0. The van der Waals surface area contributed by atoms with Gasteiger partial charge in [0.15, 0.2) is 8.32 Å². The lowest BCUT2D eigenvalue weighted by atomic mass is 9.85. The van der Waals surface area contributed by atoms with Crippen molar-refractivity contribution in [1.82, 2.24) is 0 Å². The fraction of sp³-hybridized carbons (Fsp3) is 0.640. The molecular formula is C25H40N2O4Si. The third kappa shape index (κ3) is 7.75. The Balaban J connectivity index is 3.21. The van der Waals surface area contributed by atoms with Gasteiger partial charge in [-0.1, -0.05) is 53.7 Å². The highest BCUT2D eigenvalue weighted by atomic mass is 28.4. The first-order chi connectivity index (χ1) is 14.6. The summed E-state index contributed by atoms with van der Waals surface area (Å²) in [6, 6.07) is 9.59. The van der Waals surface area contributed by atoms with Crippen LogP contribution < -0.4 is 4.90 Å². The maximum absolute atomic E-state index is 12.5. The first-order valence-corrected chi connectivity index (χ1v) is 14.2. The number of ether oxygens (including phenoxy) is 1. The molecule has 0 saturated carbocycles. The topological polar surface area (TPSA) is 79.6 Å². The monoisotopic (exact) mass is 460 g/mol. The van der Waals surface area contributed by atoms with Gasteiger partial charge in [0.25, 0.3) is 0 Å². The minimum atomic E-state index is -2.01. The maximum atomic E-state index is 12.5. The molecular weight excluding hydrogens is 420 g/mol. The van der Waals surface area contributed by atoms with E-state index < -0.39 is 8.32 Å². The van der Waals surface area contributed by atoms with Gasteiger partial charge in [0, 0.05) is 12.2 Å². The molecule has 0 aliphatic heterocycles. The summed E-state index contributed by atoms with van der Waals surface area (Å²) in [5, 5.41) is 9.06. The van der Waals surface area contributed by atoms with Crippen molar-refractivity contribution in [3.05, 3.63) is 29.8 Å². The van der Waals surface area contributed by atoms with E-state index in [9.17, 15) is 9.59 Å². The molecule has 7 heteroatoms. The molecule has 0 heterocycles. The minimum Gasteiger partial charge on any atom is -0.466 e. The molecule has 1 unspecified atom stereocenters. The lowest BCUT2D eigenvalue weighted by molar-refractivity contribution is -0.142. The van der Waals surface area contributed by atoms with Crippen molar-refractivity contribution in [3.63, 3.8) is 0 Å². The van der Waals surface area contributed by atoms with Crippen molar-refractivity contribution in [2.45, 2.75) is 85.5 Å². The van der Waals surface area contributed by atoms with E-state index in [1.54, 1.807) is 6.92 Å². The Morgan fingerprint density at radius 2 is 1.66 bits per heavy atom. The van der Waals surface area contributed by atoms with Crippen molar-refractivity contribution < 1.29 is 18.8 Å². The van der Waals surface area contributed by atoms with Crippen molar-refractivity contribution in [2.75, 3.05) is 18.1 Å². The molecule has 178 valence electrons. The van der Waals surface area contributed by atoms with Crippen LogP contribution in [0.4, 0.5) is 5.69 Å². The predicted octanol–water partition coefficient (Wildman–Crippen LogP) is 6.00. The molecule has 0 radical (unpaired) electrons. The Kier molecular flexibility index (Phi) is 9.67. The van der Waals surface area contributed by atoms with E-state index in [2.05, 4.69) is 54.6 Å². The van der Waals surface area contributed by atoms with Gasteiger partial charge in [-0.2, -0.15) is 5.26 Å². The third-order valence-electron chi connectivity index (χ3n) is 5.89. The smallest absolute Gasteiger partial charge is 0.307 e. The summed E-state index contributed by atoms with van der Waals surface area (Å²) < 4.78 is 11.8. The number of rotatable bonds is 9. The molecule has 0 saturated heterocycles. The van der Waals surface area contributed by atoms with Crippen LogP contribution >= 0.6 is 0 Å². The van der Waals surface area contributed by atoms with Gasteiger partial charge in [0.05, 0.1) is 25.2 Å². The zero-order valence-corrected chi connectivity index (χ0v) is 22.2. The van der Waals surface area contributed by atoms with Gasteiger partial charge >= 0.3 is 5.97 Å². The molecule has 1 rings (SSSR count). The van der Waals surface area contributed by atoms with Crippen LogP contribution in [0.25, 0.3) is 0 Å². The molecule has 1 atom stereocenters. The first kappa shape index (κ1) is 27.9. The Morgan fingerprint density at radius 3 is 2.09 bits per heavy atom. The SMILES string of the molecule is CCOC(=O)CCN(C(=O)CC#N)c1ccc(C(O[Si](C)(C)C(C)(C)C)C(C)(C)C)cc1. The highest BCUT2D eigenvalue weighted by Gasteiger charge is 2.42. The molecule has 1 aromatic rings. The lowest BCUT2D eigenvalue weighted by Crippen LogP contribution is -2.44. The molecule has 6 nitrogen and oxygen atoms in total. The van der Waals surface area contributed by atoms with E-state index in [4.69, 9.17) is 14.4 Å². The van der Waals surface area contributed by atoms with Gasteiger partial charge in [0.1, 0.15) is 6.42 Å². The average molecular weight is 461 g/mol. The van der Waals surface area contributed by atoms with Crippen molar-refractivity contribution in [3.8, 4) is 6.07 Å². The first-order valence-electron chi connectivity index (χ1n) is 11.2. The van der Waals surface area contributed by atoms with Crippen LogP contribution in [0.5, 0.6) is 0 Å². The second-order valence-electron chi connectivity index (χ2n) is 10.7. The van der Waals surface area contributed by atoms with Crippen LogP contribution in [0.15, 0.2) is 24.3 Å². The van der Waals surface area contributed by atoms with E-state index in [1.165, 1.54) is 4.90 Å². The summed E-state index contributed by atoms with van der Waals surface area (Å²) in [6.45, 7) is 19.9. The minimum absolute atomic E-state index is 0.0753. The number of esters is 1. The number of nitriles is 1. The maximum Gasteiger partial charge on any atom is 0.307 e. The van der Waals surface area contributed by atoms with Gasteiger partial charge in [-0.15, -0.1) is 0 Å². The predicted molar refractivity (Wildman–Crippen MR) is 131 cm³/mol. The molecule has 0 fully saturated rings. The zero-order valence-electron chi connectivity index (χ0n) is 21.2. The second kappa shape index (κ2) is 11.1. The number of amides is 1. The zero-order chi connectivity index (χ0) is 24.7. The standard InChI is InChI=1S/C25H40N2O4Si/c1-10-30-22(29)16-18-27(21(28)15-17-26)20-13-11-19(12-14-20)23(24(2,3)4)31-32(8,9)25(5,6)7/h11-14,23H,10,15-16,18H2,1-9H3. The Morgan fingerprint density at radius 1 is 1.09 bits per heavy atom. The van der Waals surface area contributed by atoms with Crippen LogP contribution in [0.3, 0.4) is 0 Å². The Bertz CT molecular complexity index is 814. The highest BCUT2D eigenvalue weighted by molar-refractivity contribution is 6.74. The van der Waals surface area contributed by atoms with Crippen LogP contribution in [-0.2, 0) is 18.8 Å². The van der Waals surface area contributed by atoms with E-state index in [0.29, 0.717) is 12.3 Å². The van der Waals surface area contributed by atoms with Crippen molar-refractivity contribution in [2.24, 2.45) is 5.41 Å². The third-order valence-corrected chi connectivity index (χ3v) is 10.3. The molecule has 1 amide bonds. The summed E-state index contributed by atoms with van der Waals surface area (Å²) in [5.41, 5.74) is 1.58. The number of hydrogen-bond acceptors (Lipinski definition) is 5. The molecule has 0 aliphatic carbocycles. The summed E-state index contributed by atoms with van der Waals surface area (Å²) in [4.78, 5) is 25.8. The normalized spacial score (nSPS) is 13.2. The highest BCUT2D eigenvalue weighted by Crippen LogP contribution is 2.45. The van der Waals surface area contributed by atoms with E-state index in [-0.39, 0.29) is 47.8 Å². The number of hydrogen-bond donors (Lipinski definition) is 0. The Hall–Kier alpha value is -2.17. The summed E-state index contributed by atoms with van der Waals surface area (Å²) in [7, 11) is -2.01. The van der Waals surface area contributed by atoms with Gasteiger partial charge in [0.2, 0.25) is 5.91 Å². The van der Waals surface area contributed by atoms with Gasteiger partial charge in [-0.3, -0.25) is 9.59 Å². The van der Waals surface area contributed by atoms with E-state index in [1.807, 2.05) is 30.3 Å². The van der Waals surface area contributed by atoms with Crippen LogP contribution in [-0.4, -0.2) is 33.3 Å². The number of carbonyl (C=O) groups excluding carboxylic acids is 2. The van der Waals surface area contributed by atoms with Crippen LogP contribution in [0, 0.1) is 16.7 Å². The second-order valence-corrected chi connectivity index (χ2v) is 15.4. The van der Waals surface area contributed by atoms with Gasteiger partial charge in [-0.05, 0) is 48.2 Å². The van der Waals surface area contributed by atoms with Crippen LogP contribution in [0.1, 0.15) is 73.0 Å². The molecule has 0 aliphatic rings. The van der Waals surface area contributed by atoms with E-state index >= 15 is 0 Å². The fourth-order valence-electron chi connectivity index (χ4n) is 3.04. The molecule has 32 heavy (non-hydrogen) atoms. The van der Waals surface area contributed by atoms with E-state index in [0.717, 1.165) is 5.56 Å². The van der Waals surface area contributed by atoms with Gasteiger partial charge < -0.3 is 14.1 Å². The van der Waals surface area contributed by atoms with Crippen molar-refractivity contribution in [1.29, 1.82) is 5.26 Å². The quantitative estimate of drug-likeness (QED) is 0.334. The number of carbonyl (C=O) groups is 2. The van der Waals surface area contributed by atoms with Crippen molar-refractivity contribution >= 4 is 25.9 Å². The summed E-state index contributed by atoms with van der Waals surface area (Å²) in [6.07, 6.45) is -0.268. The lowest BCUT2D eigenvalue weighted by Gasteiger charge is -2.43. The number of nitrogens with zero attached hydrogens (tertiary/aromatic N) is 2. The van der Waals surface area contributed by atoms with Gasteiger partial charge in [-0.25, -0.2) is 0 Å². The number of benzene rings is 1. The Labute approximate surface area is 195 Å². The fourth-order valence-corrected chi connectivity index (χ4v) is 4.47. The van der Waals surface area contributed by atoms with Crippen LogP contribution in [0.2, 0.25) is 18.1 Å². The molecule has 0 spiro atoms. The largest absolute Gasteiger partial charge is 0.466 e. The number of anilines is 1. The molecule has 0 aromatic heterocycles. The molecule has 0 N–H and O–H groups in total. The summed E-state index contributed by atoms with van der Waals surface area (Å²) in [5.74, 6) is -0.705. The molecule has 1 aromatic carbocycles.